The van der Waals surface area contributed by atoms with Gasteiger partial charge >= 0.3 is 33.0 Å². The van der Waals surface area contributed by atoms with Crippen LogP contribution in [0.2, 0.25) is 0 Å². The Morgan fingerprint density at radius 2 is 1.55 bits per heavy atom. The van der Waals surface area contributed by atoms with Gasteiger partial charge in [-0.3, -0.25) is 0 Å². The summed E-state index contributed by atoms with van der Waals surface area (Å²) in [5.74, 6) is 0. The van der Waals surface area contributed by atoms with Crippen LogP contribution >= 0.6 is 7.81 Å². The van der Waals surface area contributed by atoms with Crippen LogP contribution in [0.15, 0.2) is 49.1 Å². The van der Waals surface area contributed by atoms with Crippen molar-refractivity contribution in [3.05, 3.63) is 54.6 Å². The molecule has 22 heavy (non-hydrogen) atoms. The number of aryl methyl sites for hydroxylation is 3. The number of benzene rings is 1. The maximum atomic E-state index is 9.87. The number of hydrogen-bond acceptors (Lipinski definition) is 0. The van der Waals surface area contributed by atoms with E-state index in [1.54, 1.807) is 0 Å². The molecule has 1 heterocycles. The second-order valence-electron chi connectivity index (χ2n) is 4.86. The van der Waals surface area contributed by atoms with Gasteiger partial charge in [-0.25, -0.2) is 9.13 Å². The normalized spacial score (nSPS) is 14.5. The molecule has 0 saturated heterocycles. The maximum absolute atomic E-state index is 10.7. The number of hydrogen-bond donors (Lipinski definition) is 0. The molecule has 1 aromatic heterocycles. The van der Waals surface area contributed by atoms with Gasteiger partial charge in [0.1, 0.15) is 12.4 Å². The van der Waals surface area contributed by atoms with Crippen LogP contribution in [-0.2, 0) is 20.0 Å². The van der Waals surface area contributed by atoms with E-state index in [2.05, 4.69) is 58.2 Å². The Morgan fingerprint density at radius 3 is 2.00 bits per heavy atom. The van der Waals surface area contributed by atoms with Crippen molar-refractivity contribution in [3.63, 3.8) is 0 Å². The number of aromatic nitrogens is 2. The molecule has 0 aliphatic carbocycles. The fourth-order valence-corrected chi connectivity index (χ4v) is 1.74. The molecule has 2 nitrogen and oxygen atoms in total. The number of nitrogens with zero attached hydrogens (tertiary/aromatic N) is 2. The molecular weight excluding hydrogens is 329 g/mol. The van der Waals surface area contributed by atoms with Crippen molar-refractivity contribution in [3.8, 4) is 0 Å². The van der Waals surface area contributed by atoms with Crippen LogP contribution in [0, 0.1) is 0 Å². The molecule has 1 aromatic carbocycles. The Bertz CT molecular complexity index is 580. The summed E-state index contributed by atoms with van der Waals surface area (Å²) < 4.78 is 63.5. The summed E-state index contributed by atoms with van der Waals surface area (Å²) in [6, 6.07) is 10.6. The molecule has 0 bridgehead atoms. The molecule has 2 aromatic rings. The van der Waals surface area contributed by atoms with Crippen LogP contribution in [0.4, 0.5) is 25.2 Å². The van der Waals surface area contributed by atoms with Gasteiger partial charge in [-0.05, 0) is 18.4 Å². The monoisotopic (exact) mass is 346 g/mol. The first-order chi connectivity index (χ1) is 9.79. The van der Waals surface area contributed by atoms with Crippen LogP contribution in [0.3, 0.4) is 0 Å². The molecule has 0 fully saturated rings. The van der Waals surface area contributed by atoms with E-state index in [0.29, 0.717) is 0 Å². The molecule has 0 saturated carbocycles. The third kappa shape index (κ3) is 12.2. The van der Waals surface area contributed by atoms with Gasteiger partial charge < -0.3 is 0 Å². The number of halogens is 6. The fraction of sp³-hybridized carbons (Fsp3) is 0.308. The molecule has 0 atom stereocenters. The fourth-order valence-electron chi connectivity index (χ4n) is 1.74. The second-order valence-corrected chi connectivity index (χ2v) is 6.78. The van der Waals surface area contributed by atoms with Crippen molar-refractivity contribution in [1.29, 1.82) is 0 Å². The van der Waals surface area contributed by atoms with Gasteiger partial charge in [0.25, 0.3) is 0 Å². The molecule has 0 unspecified atom stereocenters. The predicted octanol–water partition coefficient (Wildman–Crippen LogP) is 5.33. The SMILES string of the molecule is C[n+]1ccn(CCCc2ccccc2)c1.F[P-](F)(F)(F)(F)F. The molecule has 0 aliphatic heterocycles. The van der Waals surface area contributed by atoms with Crippen molar-refractivity contribution in [2.24, 2.45) is 7.05 Å². The second kappa shape index (κ2) is 5.91. The van der Waals surface area contributed by atoms with E-state index in [-0.39, 0.29) is 0 Å². The van der Waals surface area contributed by atoms with E-state index >= 15 is 0 Å². The Hall–Kier alpha value is -1.56. The van der Waals surface area contributed by atoms with Crippen LogP contribution in [0.1, 0.15) is 12.0 Å². The third-order valence-corrected chi connectivity index (χ3v) is 2.55. The van der Waals surface area contributed by atoms with Crippen molar-refractivity contribution < 1.29 is 29.7 Å². The van der Waals surface area contributed by atoms with E-state index in [1.807, 2.05) is 7.05 Å². The minimum absolute atomic E-state index is 1.09. The quantitative estimate of drug-likeness (QED) is 0.402. The van der Waals surface area contributed by atoms with E-state index < -0.39 is 7.81 Å². The van der Waals surface area contributed by atoms with Crippen LogP contribution in [-0.4, -0.2) is 4.57 Å². The summed E-state index contributed by atoms with van der Waals surface area (Å²) >= 11 is 0. The average molecular weight is 346 g/mol. The Balaban J connectivity index is 0.000000295. The molecular formula is C13H17F6N2P. The first kappa shape index (κ1) is 18.5. The van der Waals surface area contributed by atoms with Gasteiger partial charge in [0.15, 0.2) is 0 Å². The Morgan fingerprint density at radius 1 is 1.00 bits per heavy atom. The minimum atomic E-state index is -10.7. The zero-order valence-electron chi connectivity index (χ0n) is 11.8. The van der Waals surface area contributed by atoms with E-state index in [9.17, 15) is 25.2 Å². The molecule has 0 amide bonds. The Labute approximate surface area is 124 Å². The molecule has 126 valence electrons. The van der Waals surface area contributed by atoms with Crippen LogP contribution < -0.4 is 4.57 Å². The third-order valence-electron chi connectivity index (χ3n) is 2.55. The van der Waals surface area contributed by atoms with Crippen molar-refractivity contribution in [1.82, 2.24) is 4.57 Å². The zero-order chi connectivity index (χ0) is 16.9. The predicted molar refractivity (Wildman–Crippen MR) is 73.9 cm³/mol. The van der Waals surface area contributed by atoms with Gasteiger partial charge in [0.05, 0.1) is 13.6 Å². The standard InChI is InChI=1S/C13H17N2.F6P/c1-14-10-11-15(12-14)9-5-8-13-6-3-2-4-7-13;1-7(2,3,4,5)6/h2-4,6-7,10-12H,5,8-9H2,1H3;/q+1;-1. The molecule has 0 spiro atoms. The Kier molecular flexibility index (Phi) is 4.97. The topological polar surface area (TPSA) is 8.81 Å². The number of rotatable bonds is 4. The summed E-state index contributed by atoms with van der Waals surface area (Å²) in [6.45, 7) is 1.09. The van der Waals surface area contributed by atoms with Gasteiger partial charge in [0.2, 0.25) is 6.33 Å². The van der Waals surface area contributed by atoms with E-state index in [0.717, 1.165) is 13.0 Å². The van der Waals surface area contributed by atoms with Crippen molar-refractivity contribution >= 4 is 7.81 Å². The molecule has 0 radical (unpaired) electrons. The molecule has 0 aliphatic rings. The van der Waals surface area contributed by atoms with Gasteiger partial charge in [-0.15, -0.1) is 0 Å². The summed E-state index contributed by atoms with van der Waals surface area (Å²) in [5.41, 5.74) is 1.43. The first-order valence-electron chi connectivity index (χ1n) is 6.41. The van der Waals surface area contributed by atoms with Gasteiger partial charge in [0, 0.05) is 0 Å². The van der Waals surface area contributed by atoms with Crippen LogP contribution in [0.5, 0.6) is 0 Å². The number of imidazole rings is 1. The van der Waals surface area contributed by atoms with Crippen molar-refractivity contribution in [2.75, 3.05) is 0 Å². The van der Waals surface area contributed by atoms with E-state index in [1.165, 1.54) is 12.0 Å². The first-order valence-corrected chi connectivity index (χ1v) is 8.44. The van der Waals surface area contributed by atoms with Crippen LogP contribution in [0.25, 0.3) is 0 Å². The van der Waals surface area contributed by atoms with Crippen molar-refractivity contribution in [2.45, 2.75) is 19.4 Å². The molecule has 2 rings (SSSR count). The summed E-state index contributed by atoms with van der Waals surface area (Å²) in [5, 5.41) is 0. The van der Waals surface area contributed by atoms with Gasteiger partial charge in [-0.2, -0.15) is 0 Å². The summed E-state index contributed by atoms with van der Waals surface area (Å²) in [7, 11) is -8.61. The summed E-state index contributed by atoms with van der Waals surface area (Å²) in [4.78, 5) is 0. The average Bonchev–Trinajstić information content (AvgIpc) is 2.72. The molecule has 9 heteroatoms. The summed E-state index contributed by atoms with van der Waals surface area (Å²) in [6.07, 6.45) is 8.65. The van der Waals surface area contributed by atoms with Gasteiger partial charge in [-0.1, -0.05) is 30.3 Å². The molecule has 0 N–H and O–H groups in total. The van der Waals surface area contributed by atoms with E-state index in [4.69, 9.17) is 0 Å². The zero-order valence-corrected chi connectivity index (χ0v) is 12.7.